The molecule has 0 unspecified atom stereocenters. The van der Waals surface area contributed by atoms with E-state index in [9.17, 15) is 4.79 Å². The topological polar surface area (TPSA) is 71.9 Å². The lowest BCUT2D eigenvalue weighted by Gasteiger charge is -2.24. The Morgan fingerprint density at radius 3 is 2.54 bits per heavy atom. The lowest BCUT2D eigenvalue weighted by molar-refractivity contribution is 0.0696. The predicted octanol–water partition coefficient (Wildman–Crippen LogP) is 4.09. The highest BCUT2D eigenvalue weighted by atomic mass is 16.5. The zero-order valence-corrected chi connectivity index (χ0v) is 15.7. The van der Waals surface area contributed by atoms with E-state index in [1.165, 1.54) is 6.20 Å². The number of pyridine rings is 1. The highest BCUT2D eigenvalue weighted by molar-refractivity contribution is 5.87. The average molecular weight is 358 g/mol. The van der Waals surface area contributed by atoms with Crippen molar-refractivity contribution in [2.45, 2.75) is 26.7 Å². The molecule has 6 heteroatoms. The van der Waals surface area contributed by atoms with Gasteiger partial charge in [0, 0.05) is 31.6 Å². The van der Waals surface area contributed by atoms with E-state index in [4.69, 9.17) is 14.6 Å². The van der Waals surface area contributed by atoms with Crippen LogP contribution in [0.3, 0.4) is 0 Å². The maximum atomic E-state index is 11.0. The second-order valence-electron chi connectivity index (χ2n) is 6.17. The lowest BCUT2D eigenvalue weighted by atomic mass is 10.0. The fraction of sp³-hybridized carbons (Fsp3) is 0.400. The average Bonchev–Trinajstić information content (AvgIpc) is 2.63. The SMILES string of the molecule is CCN(c1ccc(C(C)C)c(OCCOC)c1)c1ccc(C(=O)O)cn1. The summed E-state index contributed by atoms with van der Waals surface area (Å²) in [4.78, 5) is 17.3. The van der Waals surface area contributed by atoms with Gasteiger partial charge in [-0.25, -0.2) is 9.78 Å². The second kappa shape index (κ2) is 9.20. The van der Waals surface area contributed by atoms with E-state index in [0.717, 1.165) is 17.0 Å². The van der Waals surface area contributed by atoms with Crippen molar-refractivity contribution in [1.29, 1.82) is 0 Å². The van der Waals surface area contributed by atoms with Gasteiger partial charge >= 0.3 is 5.97 Å². The molecule has 1 heterocycles. The monoisotopic (exact) mass is 358 g/mol. The minimum atomic E-state index is -0.984. The van der Waals surface area contributed by atoms with E-state index in [1.54, 1.807) is 19.2 Å². The molecule has 2 aromatic rings. The van der Waals surface area contributed by atoms with Gasteiger partial charge in [0.05, 0.1) is 12.2 Å². The molecule has 0 atom stereocenters. The number of carboxylic acid groups (broad SMARTS) is 1. The summed E-state index contributed by atoms with van der Waals surface area (Å²) in [5.41, 5.74) is 2.25. The smallest absolute Gasteiger partial charge is 0.337 e. The summed E-state index contributed by atoms with van der Waals surface area (Å²) in [6.07, 6.45) is 1.37. The van der Waals surface area contributed by atoms with Crippen molar-refractivity contribution in [3.63, 3.8) is 0 Å². The van der Waals surface area contributed by atoms with Crippen LogP contribution < -0.4 is 9.64 Å². The maximum absolute atomic E-state index is 11.0. The molecule has 0 bridgehead atoms. The Morgan fingerprint density at radius 2 is 2.00 bits per heavy atom. The number of anilines is 2. The maximum Gasteiger partial charge on any atom is 0.337 e. The van der Waals surface area contributed by atoms with Gasteiger partial charge in [0.1, 0.15) is 18.2 Å². The Morgan fingerprint density at radius 1 is 1.23 bits per heavy atom. The first-order chi connectivity index (χ1) is 12.5. The van der Waals surface area contributed by atoms with Crippen LogP contribution in [0.25, 0.3) is 0 Å². The molecule has 1 aromatic carbocycles. The van der Waals surface area contributed by atoms with Gasteiger partial charge < -0.3 is 19.5 Å². The summed E-state index contributed by atoms with van der Waals surface area (Å²) in [6, 6.07) is 9.38. The number of methoxy groups -OCH3 is 1. The number of aromatic nitrogens is 1. The summed E-state index contributed by atoms with van der Waals surface area (Å²) in [7, 11) is 1.65. The zero-order chi connectivity index (χ0) is 19.1. The quantitative estimate of drug-likeness (QED) is 0.681. The second-order valence-corrected chi connectivity index (χ2v) is 6.17. The molecule has 140 valence electrons. The van der Waals surface area contributed by atoms with Crippen molar-refractivity contribution >= 4 is 17.5 Å². The molecule has 0 aliphatic carbocycles. The van der Waals surface area contributed by atoms with Crippen LogP contribution in [0.4, 0.5) is 11.5 Å². The third-order valence-corrected chi connectivity index (χ3v) is 4.06. The highest BCUT2D eigenvalue weighted by Gasteiger charge is 2.15. The molecule has 0 saturated heterocycles. The Labute approximate surface area is 154 Å². The van der Waals surface area contributed by atoms with Crippen LogP contribution in [0.1, 0.15) is 42.6 Å². The molecule has 0 saturated carbocycles. The van der Waals surface area contributed by atoms with Gasteiger partial charge in [-0.3, -0.25) is 0 Å². The molecule has 6 nitrogen and oxygen atoms in total. The number of rotatable bonds is 9. The van der Waals surface area contributed by atoms with E-state index in [2.05, 4.69) is 24.9 Å². The largest absolute Gasteiger partial charge is 0.491 e. The van der Waals surface area contributed by atoms with Crippen LogP contribution in [0.5, 0.6) is 5.75 Å². The molecule has 0 amide bonds. The van der Waals surface area contributed by atoms with E-state index < -0.39 is 5.97 Å². The minimum absolute atomic E-state index is 0.170. The number of carboxylic acids is 1. The van der Waals surface area contributed by atoms with Gasteiger partial charge in [0.2, 0.25) is 0 Å². The molecule has 0 radical (unpaired) electrons. The molecule has 26 heavy (non-hydrogen) atoms. The van der Waals surface area contributed by atoms with Crippen molar-refractivity contribution in [2.75, 3.05) is 31.8 Å². The van der Waals surface area contributed by atoms with Crippen molar-refractivity contribution in [1.82, 2.24) is 4.98 Å². The Balaban J connectivity index is 2.34. The van der Waals surface area contributed by atoms with Crippen molar-refractivity contribution in [2.24, 2.45) is 0 Å². The van der Waals surface area contributed by atoms with Gasteiger partial charge in [-0.05, 0) is 36.6 Å². The molecule has 0 aliphatic rings. The van der Waals surface area contributed by atoms with E-state index in [-0.39, 0.29) is 5.56 Å². The van der Waals surface area contributed by atoms with Gasteiger partial charge in [0.25, 0.3) is 0 Å². The van der Waals surface area contributed by atoms with Gasteiger partial charge in [-0.15, -0.1) is 0 Å². The van der Waals surface area contributed by atoms with Gasteiger partial charge in [-0.2, -0.15) is 0 Å². The Bertz CT molecular complexity index is 729. The molecule has 2 rings (SSSR count). The van der Waals surface area contributed by atoms with E-state index >= 15 is 0 Å². The van der Waals surface area contributed by atoms with Crippen LogP contribution in [0.2, 0.25) is 0 Å². The number of hydrogen-bond acceptors (Lipinski definition) is 5. The summed E-state index contributed by atoms with van der Waals surface area (Å²) in [6.45, 7) is 7.98. The molecular formula is C20H26N2O4. The minimum Gasteiger partial charge on any atom is -0.491 e. The molecule has 1 aromatic heterocycles. The lowest BCUT2D eigenvalue weighted by Crippen LogP contribution is -2.18. The fourth-order valence-electron chi connectivity index (χ4n) is 2.68. The first-order valence-corrected chi connectivity index (χ1v) is 8.70. The Kier molecular flexibility index (Phi) is 6.97. The number of nitrogens with zero attached hydrogens (tertiary/aromatic N) is 2. The molecular weight excluding hydrogens is 332 g/mol. The normalized spacial score (nSPS) is 10.8. The number of hydrogen-bond donors (Lipinski definition) is 1. The Hall–Kier alpha value is -2.60. The predicted molar refractivity (Wildman–Crippen MR) is 102 cm³/mol. The van der Waals surface area contributed by atoms with Gasteiger partial charge in [0.15, 0.2) is 0 Å². The van der Waals surface area contributed by atoms with Crippen molar-refractivity contribution < 1.29 is 19.4 Å². The van der Waals surface area contributed by atoms with E-state index in [0.29, 0.717) is 31.5 Å². The fourth-order valence-corrected chi connectivity index (χ4v) is 2.68. The van der Waals surface area contributed by atoms with Crippen LogP contribution in [0, 0.1) is 0 Å². The third kappa shape index (κ3) is 4.73. The number of carbonyl (C=O) groups is 1. The molecule has 0 spiro atoms. The summed E-state index contributed by atoms with van der Waals surface area (Å²) < 4.78 is 11.0. The molecule has 0 fully saturated rings. The first kappa shape index (κ1) is 19.7. The third-order valence-electron chi connectivity index (χ3n) is 4.06. The summed E-state index contributed by atoms with van der Waals surface area (Å²) in [5, 5.41) is 9.03. The molecule has 1 N–H and O–H groups in total. The van der Waals surface area contributed by atoms with Crippen LogP contribution in [0.15, 0.2) is 36.5 Å². The number of aromatic carboxylic acids is 1. The number of benzene rings is 1. The summed E-state index contributed by atoms with van der Waals surface area (Å²) in [5.74, 6) is 0.875. The molecule has 0 aliphatic heterocycles. The van der Waals surface area contributed by atoms with Gasteiger partial charge in [-0.1, -0.05) is 19.9 Å². The van der Waals surface area contributed by atoms with Crippen LogP contribution in [-0.4, -0.2) is 42.9 Å². The first-order valence-electron chi connectivity index (χ1n) is 8.70. The zero-order valence-electron chi connectivity index (χ0n) is 15.7. The van der Waals surface area contributed by atoms with Crippen molar-refractivity contribution in [3.05, 3.63) is 47.7 Å². The van der Waals surface area contributed by atoms with Crippen molar-refractivity contribution in [3.8, 4) is 5.75 Å². The standard InChI is InChI=1S/C20H26N2O4/c1-5-22(19-9-6-15(13-21-19)20(23)24)16-7-8-17(14(2)3)18(12-16)26-11-10-25-4/h6-9,12-14H,5,10-11H2,1-4H3,(H,23,24). The number of ether oxygens (including phenoxy) is 2. The van der Waals surface area contributed by atoms with Crippen LogP contribution in [-0.2, 0) is 4.74 Å². The van der Waals surface area contributed by atoms with Crippen LogP contribution >= 0.6 is 0 Å². The summed E-state index contributed by atoms with van der Waals surface area (Å²) >= 11 is 0. The van der Waals surface area contributed by atoms with E-state index in [1.807, 2.05) is 24.0 Å². The highest BCUT2D eigenvalue weighted by Crippen LogP contribution is 2.33.